The Morgan fingerprint density at radius 2 is 2.10 bits per heavy atom. The summed E-state index contributed by atoms with van der Waals surface area (Å²) in [6, 6.07) is 3.83. The molecule has 0 radical (unpaired) electrons. The van der Waals surface area contributed by atoms with Gasteiger partial charge < -0.3 is 10.1 Å². The molecule has 3 rings (SSSR count). The fourth-order valence-electron chi connectivity index (χ4n) is 2.17. The average Bonchev–Trinajstić information content (AvgIpc) is 2.83. The summed E-state index contributed by atoms with van der Waals surface area (Å²) in [5.41, 5.74) is 2.58. The van der Waals surface area contributed by atoms with E-state index in [1.165, 1.54) is 0 Å². The number of fused-ring (bicyclic) bond motifs is 1. The van der Waals surface area contributed by atoms with Gasteiger partial charge in [0.25, 0.3) is 0 Å². The lowest BCUT2D eigenvalue weighted by molar-refractivity contribution is 0.412. The third-order valence-corrected chi connectivity index (χ3v) is 3.32. The highest BCUT2D eigenvalue weighted by Gasteiger charge is 2.11. The van der Waals surface area contributed by atoms with Gasteiger partial charge in [-0.3, -0.25) is 4.68 Å². The first-order valence-corrected chi connectivity index (χ1v) is 6.72. The molecule has 0 saturated carbocycles. The Hall–Kier alpha value is -2.34. The Morgan fingerprint density at radius 3 is 2.76 bits per heavy atom. The Labute approximate surface area is 126 Å². The van der Waals surface area contributed by atoms with E-state index in [0.29, 0.717) is 5.82 Å². The first kappa shape index (κ1) is 13.6. The van der Waals surface area contributed by atoms with Crippen molar-refractivity contribution in [3.05, 3.63) is 35.4 Å². The minimum Gasteiger partial charge on any atom is -0.496 e. The van der Waals surface area contributed by atoms with Crippen molar-refractivity contribution in [2.45, 2.75) is 6.92 Å². The van der Waals surface area contributed by atoms with Crippen LogP contribution in [0, 0.1) is 6.92 Å². The summed E-state index contributed by atoms with van der Waals surface area (Å²) >= 11 is 6.01. The van der Waals surface area contributed by atoms with Crippen LogP contribution in [0.5, 0.6) is 5.75 Å². The lowest BCUT2D eigenvalue weighted by atomic mass is 10.1. The van der Waals surface area contributed by atoms with Crippen molar-refractivity contribution in [3.8, 4) is 5.75 Å². The van der Waals surface area contributed by atoms with Crippen LogP contribution >= 0.6 is 11.6 Å². The maximum absolute atomic E-state index is 6.01. The number of ether oxygens (including phenoxy) is 1. The van der Waals surface area contributed by atoms with E-state index >= 15 is 0 Å². The molecule has 2 heterocycles. The molecule has 108 valence electrons. The van der Waals surface area contributed by atoms with Crippen LogP contribution in [0.4, 0.5) is 11.5 Å². The number of benzene rings is 1. The lowest BCUT2D eigenvalue weighted by Gasteiger charge is -2.10. The van der Waals surface area contributed by atoms with Crippen LogP contribution in [-0.4, -0.2) is 26.9 Å². The zero-order valence-corrected chi connectivity index (χ0v) is 12.6. The van der Waals surface area contributed by atoms with E-state index in [9.17, 15) is 0 Å². The SMILES string of the molecule is COc1cc2c(Nc3cnn(C)c3)nc(Cl)nc2cc1C. The number of nitrogens with zero attached hydrogens (tertiary/aromatic N) is 4. The first-order valence-electron chi connectivity index (χ1n) is 6.34. The van der Waals surface area contributed by atoms with Crippen LogP contribution in [0.25, 0.3) is 10.9 Å². The number of hydrogen-bond acceptors (Lipinski definition) is 5. The average molecular weight is 304 g/mol. The van der Waals surface area contributed by atoms with Gasteiger partial charge in [0.2, 0.25) is 5.28 Å². The van der Waals surface area contributed by atoms with E-state index in [0.717, 1.165) is 27.9 Å². The third kappa shape index (κ3) is 2.62. The Balaban J connectivity index is 2.15. The van der Waals surface area contributed by atoms with Gasteiger partial charge in [0, 0.05) is 18.6 Å². The van der Waals surface area contributed by atoms with Crippen LogP contribution in [0.3, 0.4) is 0 Å². The van der Waals surface area contributed by atoms with Crippen LogP contribution in [-0.2, 0) is 7.05 Å². The molecule has 0 atom stereocenters. The second-order valence-electron chi connectivity index (χ2n) is 4.71. The summed E-state index contributed by atoms with van der Waals surface area (Å²) < 4.78 is 7.07. The zero-order valence-electron chi connectivity index (χ0n) is 11.9. The van der Waals surface area contributed by atoms with Crippen molar-refractivity contribution in [1.82, 2.24) is 19.7 Å². The van der Waals surface area contributed by atoms with Gasteiger partial charge in [-0.25, -0.2) is 4.98 Å². The minimum atomic E-state index is 0.193. The second kappa shape index (κ2) is 5.21. The van der Waals surface area contributed by atoms with Crippen LogP contribution < -0.4 is 10.1 Å². The minimum absolute atomic E-state index is 0.193. The summed E-state index contributed by atoms with van der Waals surface area (Å²) in [5.74, 6) is 1.40. The molecule has 0 saturated heterocycles. The number of aromatic nitrogens is 4. The molecule has 0 fully saturated rings. The molecule has 1 N–H and O–H groups in total. The molecule has 3 aromatic rings. The number of rotatable bonds is 3. The predicted octanol–water partition coefficient (Wildman–Crippen LogP) is 3.08. The van der Waals surface area contributed by atoms with Gasteiger partial charge in [-0.15, -0.1) is 0 Å². The fourth-order valence-corrected chi connectivity index (χ4v) is 2.35. The standard InChI is InChI=1S/C14H14ClN5O/c1-8-4-11-10(5-12(8)21-3)13(19-14(15)18-11)17-9-6-16-20(2)7-9/h4-7H,1-3H3,(H,17,18,19). The Bertz CT molecular complexity index is 814. The van der Waals surface area contributed by atoms with E-state index in [-0.39, 0.29) is 5.28 Å². The van der Waals surface area contributed by atoms with Gasteiger partial charge in [-0.1, -0.05) is 0 Å². The van der Waals surface area contributed by atoms with Gasteiger partial charge in [-0.2, -0.15) is 10.1 Å². The van der Waals surface area contributed by atoms with Gasteiger partial charge >= 0.3 is 0 Å². The number of aryl methyl sites for hydroxylation is 2. The summed E-state index contributed by atoms with van der Waals surface area (Å²) in [4.78, 5) is 8.52. The molecule has 1 aromatic carbocycles. The highest BCUT2D eigenvalue weighted by molar-refractivity contribution is 6.28. The predicted molar refractivity (Wildman–Crippen MR) is 82.3 cm³/mol. The highest BCUT2D eigenvalue weighted by Crippen LogP contribution is 2.30. The van der Waals surface area contributed by atoms with Crippen molar-refractivity contribution in [1.29, 1.82) is 0 Å². The van der Waals surface area contributed by atoms with E-state index in [1.54, 1.807) is 18.0 Å². The summed E-state index contributed by atoms with van der Waals surface area (Å²) in [7, 11) is 3.49. The molecule has 0 aliphatic rings. The quantitative estimate of drug-likeness (QED) is 0.753. The number of methoxy groups -OCH3 is 1. The van der Waals surface area contributed by atoms with E-state index in [4.69, 9.17) is 16.3 Å². The van der Waals surface area contributed by atoms with Gasteiger partial charge in [0.15, 0.2) is 0 Å². The normalized spacial score (nSPS) is 10.9. The molecule has 0 aliphatic carbocycles. The molecule has 2 aromatic heterocycles. The number of halogens is 1. The third-order valence-electron chi connectivity index (χ3n) is 3.15. The van der Waals surface area contributed by atoms with Gasteiger partial charge in [0.05, 0.1) is 24.5 Å². The van der Waals surface area contributed by atoms with E-state index < -0.39 is 0 Å². The molecule has 0 spiro atoms. The molecule has 0 amide bonds. The molecule has 0 aliphatic heterocycles. The van der Waals surface area contributed by atoms with E-state index in [1.807, 2.05) is 32.3 Å². The van der Waals surface area contributed by atoms with Gasteiger partial charge in [0.1, 0.15) is 11.6 Å². The molecule has 21 heavy (non-hydrogen) atoms. The summed E-state index contributed by atoms with van der Waals surface area (Å²) in [5, 5.41) is 8.35. The maximum Gasteiger partial charge on any atom is 0.224 e. The highest BCUT2D eigenvalue weighted by atomic mass is 35.5. The van der Waals surface area contributed by atoms with Crippen LogP contribution in [0.1, 0.15) is 5.56 Å². The first-order chi connectivity index (χ1) is 10.1. The largest absolute Gasteiger partial charge is 0.496 e. The summed E-state index contributed by atoms with van der Waals surface area (Å²) in [6.07, 6.45) is 3.57. The van der Waals surface area contributed by atoms with Crippen LogP contribution in [0.15, 0.2) is 24.5 Å². The van der Waals surface area contributed by atoms with Crippen molar-refractivity contribution in [3.63, 3.8) is 0 Å². The van der Waals surface area contributed by atoms with Crippen molar-refractivity contribution < 1.29 is 4.74 Å². The zero-order chi connectivity index (χ0) is 15.0. The number of anilines is 2. The molecular formula is C14H14ClN5O. The molecule has 7 heteroatoms. The number of nitrogens with one attached hydrogen (secondary N) is 1. The van der Waals surface area contributed by atoms with E-state index in [2.05, 4.69) is 20.4 Å². The monoisotopic (exact) mass is 303 g/mol. The molecular weight excluding hydrogens is 290 g/mol. The Morgan fingerprint density at radius 1 is 1.29 bits per heavy atom. The lowest BCUT2D eigenvalue weighted by Crippen LogP contribution is -1.98. The fraction of sp³-hybridized carbons (Fsp3) is 0.214. The van der Waals surface area contributed by atoms with Gasteiger partial charge in [-0.05, 0) is 36.2 Å². The van der Waals surface area contributed by atoms with Crippen molar-refractivity contribution >= 4 is 34.0 Å². The van der Waals surface area contributed by atoms with Crippen LogP contribution in [0.2, 0.25) is 5.28 Å². The maximum atomic E-state index is 6.01. The second-order valence-corrected chi connectivity index (χ2v) is 5.05. The van der Waals surface area contributed by atoms with Crippen molar-refractivity contribution in [2.75, 3.05) is 12.4 Å². The molecule has 0 bridgehead atoms. The number of hydrogen-bond donors (Lipinski definition) is 1. The molecule has 0 unspecified atom stereocenters. The Kier molecular flexibility index (Phi) is 3.39. The smallest absolute Gasteiger partial charge is 0.224 e. The topological polar surface area (TPSA) is 64.9 Å². The van der Waals surface area contributed by atoms with Crippen molar-refractivity contribution in [2.24, 2.45) is 7.05 Å². The summed E-state index contributed by atoms with van der Waals surface area (Å²) in [6.45, 7) is 1.96. The molecule has 6 nitrogen and oxygen atoms in total.